The van der Waals surface area contributed by atoms with Crippen LogP contribution in [-0.2, 0) is 0 Å². The smallest absolute Gasteiger partial charge is 0.344 e. The van der Waals surface area contributed by atoms with Crippen LogP contribution in [0.1, 0.15) is 12.5 Å². The SMILES string of the molecule is CC[N+]1=C=Cc2c(N(C)C)ncnc21. The quantitative estimate of drug-likeness (QED) is 0.648. The van der Waals surface area contributed by atoms with Gasteiger partial charge in [0.15, 0.2) is 0 Å². The standard InChI is InChI=1S/C10H13N4/c1-4-14-6-5-8-9(13(2)3)11-7-12-10(8)14/h5,7H,4H2,1-3H3/q+1. The summed E-state index contributed by atoms with van der Waals surface area (Å²) in [5.74, 6) is 5.04. The van der Waals surface area contributed by atoms with Crippen molar-refractivity contribution in [2.45, 2.75) is 6.92 Å². The van der Waals surface area contributed by atoms with E-state index in [2.05, 4.69) is 22.8 Å². The maximum absolute atomic E-state index is 4.25. The van der Waals surface area contributed by atoms with Crippen molar-refractivity contribution < 1.29 is 4.58 Å². The summed E-state index contributed by atoms with van der Waals surface area (Å²) >= 11 is 0. The molecule has 1 aliphatic heterocycles. The van der Waals surface area contributed by atoms with Gasteiger partial charge >= 0.3 is 5.82 Å². The van der Waals surface area contributed by atoms with Gasteiger partial charge in [-0.2, -0.15) is 9.56 Å². The molecule has 72 valence electrons. The van der Waals surface area contributed by atoms with Crippen molar-refractivity contribution in [1.29, 1.82) is 0 Å². The molecule has 0 atom stereocenters. The predicted octanol–water partition coefficient (Wildman–Crippen LogP) is 0.903. The molecular weight excluding hydrogens is 176 g/mol. The van der Waals surface area contributed by atoms with E-state index in [4.69, 9.17) is 0 Å². The first kappa shape index (κ1) is 8.91. The van der Waals surface area contributed by atoms with Gasteiger partial charge in [-0.1, -0.05) is 0 Å². The molecule has 0 N–H and O–H groups in total. The maximum atomic E-state index is 4.25. The topological polar surface area (TPSA) is 32.0 Å². The lowest BCUT2D eigenvalue weighted by atomic mass is 10.3. The zero-order valence-corrected chi connectivity index (χ0v) is 8.65. The van der Waals surface area contributed by atoms with Crippen LogP contribution in [0.4, 0.5) is 11.6 Å². The number of hydrogen-bond donors (Lipinski definition) is 0. The minimum Gasteiger partial charge on any atom is -0.362 e. The van der Waals surface area contributed by atoms with Crippen molar-refractivity contribution in [3.63, 3.8) is 0 Å². The molecule has 0 unspecified atom stereocenters. The minimum atomic E-state index is 0.882. The molecule has 0 aliphatic carbocycles. The Morgan fingerprint density at radius 3 is 2.86 bits per heavy atom. The predicted molar refractivity (Wildman–Crippen MR) is 56.3 cm³/mol. The van der Waals surface area contributed by atoms with Gasteiger partial charge < -0.3 is 4.90 Å². The fourth-order valence-corrected chi connectivity index (χ4v) is 1.52. The summed E-state index contributed by atoms with van der Waals surface area (Å²) in [7, 11) is 3.95. The van der Waals surface area contributed by atoms with Crippen LogP contribution in [0.3, 0.4) is 0 Å². The van der Waals surface area contributed by atoms with Crippen molar-refractivity contribution in [2.75, 3.05) is 25.5 Å². The van der Waals surface area contributed by atoms with Crippen molar-refractivity contribution in [2.24, 2.45) is 0 Å². The first-order valence-corrected chi connectivity index (χ1v) is 4.63. The number of rotatable bonds is 2. The van der Waals surface area contributed by atoms with Gasteiger partial charge in [-0.05, 0) is 11.9 Å². The summed E-state index contributed by atoms with van der Waals surface area (Å²) in [5.41, 5.74) is 1.05. The van der Waals surface area contributed by atoms with Crippen molar-refractivity contribution in [1.82, 2.24) is 9.97 Å². The molecule has 0 fully saturated rings. The monoisotopic (exact) mass is 189 g/mol. The van der Waals surface area contributed by atoms with Gasteiger partial charge in [0.25, 0.3) is 0 Å². The van der Waals surface area contributed by atoms with Crippen LogP contribution in [0.15, 0.2) is 6.33 Å². The first-order chi connectivity index (χ1) is 6.74. The zero-order chi connectivity index (χ0) is 10.1. The molecule has 14 heavy (non-hydrogen) atoms. The molecule has 2 heterocycles. The van der Waals surface area contributed by atoms with Crippen molar-refractivity contribution in [3.8, 4) is 0 Å². The normalized spacial score (nSPS) is 12.6. The highest BCUT2D eigenvalue weighted by atomic mass is 15.2. The van der Waals surface area contributed by atoms with Crippen LogP contribution >= 0.6 is 0 Å². The average molecular weight is 189 g/mol. The molecule has 0 saturated heterocycles. The van der Waals surface area contributed by atoms with E-state index in [0.717, 1.165) is 23.7 Å². The van der Waals surface area contributed by atoms with E-state index in [9.17, 15) is 0 Å². The van der Waals surface area contributed by atoms with Gasteiger partial charge in [-0.15, -0.1) is 0 Å². The largest absolute Gasteiger partial charge is 0.362 e. The molecule has 4 heteroatoms. The number of nitrogens with zero attached hydrogens (tertiary/aromatic N) is 4. The number of hydrogen-bond acceptors (Lipinski definition) is 3. The molecule has 1 aromatic rings. The van der Waals surface area contributed by atoms with E-state index in [1.54, 1.807) is 6.33 Å². The van der Waals surface area contributed by atoms with Crippen LogP contribution in [0.5, 0.6) is 0 Å². The van der Waals surface area contributed by atoms with E-state index in [1.807, 2.05) is 29.6 Å². The maximum Gasteiger partial charge on any atom is 0.344 e. The summed E-state index contributed by atoms with van der Waals surface area (Å²) in [6.07, 6.45) is 3.53. The van der Waals surface area contributed by atoms with Gasteiger partial charge in [0.1, 0.15) is 11.4 Å². The van der Waals surface area contributed by atoms with Gasteiger partial charge in [-0.25, -0.2) is 0 Å². The Kier molecular flexibility index (Phi) is 2.06. The average Bonchev–Trinajstić information content (AvgIpc) is 2.59. The summed E-state index contributed by atoms with van der Waals surface area (Å²) in [4.78, 5) is 10.5. The number of anilines is 1. The van der Waals surface area contributed by atoms with Crippen LogP contribution in [0.2, 0.25) is 0 Å². The Balaban J connectivity index is 2.55. The second-order valence-corrected chi connectivity index (χ2v) is 3.35. The van der Waals surface area contributed by atoms with E-state index in [1.165, 1.54) is 0 Å². The lowest BCUT2D eigenvalue weighted by Crippen LogP contribution is -2.13. The summed E-state index contributed by atoms with van der Waals surface area (Å²) in [6.45, 7) is 2.96. The highest BCUT2D eigenvalue weighted by Crippen LogP contribution is 2.26. The Bertz CT molecular complexity index is 428. The summed E-state index contributed by atoms with van der Waals surface area (Å²) in [6, 6.07) is 0. The number of aromatic nitrogens is 2. The van der Waals surface area contributed by atoms with Crippen molar-refractivity contribution >= 4 is 23.6 Å². The minimum absolute atomic E-state index is 0.882. The molecule has 2 rings (SSSR count). The van der Waals surface area contributed by atoms with E-state index in [-0.39, 0.29) is 0 Å². The number of fused-ring (bicyclic) bond motifs is 1. The van der Waals surface area contributed by atoms with Crippen LogP contribution in [-0.4, -0.2) is 41.1 Å². The molecule has 0 spiro atoms. The second-order valence-electron chi connectivity index (χ2n) is 3.35. The Morgan fingerprint density at radius 2 is 2.21 bits per heavy atom. The van der Waals surface area contributed by atoms with Crippen LogP contribution < -0.4 is 4.90 Å². The van der Waals surface area contributed by atoms with Crippen molar-refractivity contribution in [3.05, 3.63) is 11.9 Å². The lowest BCUT2D eigenvalue weighted by molar-refractivity contribution is -0.430. The molecular formula is C10H13N4+. The van der Waals surface area contributed by atoms with E-state index < -0.39 is 0 Å². The molecule has 1 aliphatic rings. The summed E-state index contributed by atoms with van der Waals surface area (Å²) < 4.78 is 1.99. The fourth-order valence-electron chi connectivity index (χ4n) is 1.52. The summed E-state index contributed by atoms with van der Waals surface area (Å²) in [5, 5.41) is 0. The highest BCUT2D eigenvalue weighted by Gasteiger charge is 2.23. The third kappa shape index (κ3) is 1.20. The molecule has 0 amide bonds. The molecule has 0 aromatic carbocycles. The van der Waals surface area contributed by atoms with Gasteiger partial charge in [-0.3, -0.25) is 0 Å². The second kappa shape index (κ2) is 3.24. The lowest BCUT2D eigenvalue weighted by Gasteiger charge is -2.11. The first-order valence-electron chi connectivity index (χ1n) is 4.63. The van der Waals surface area contributed by atoms with Crippen LogP contribution in [0.25, 0.3) is 6.08 Å². The Labute approximate surface area is 83.2 Å². The molecule has 1 aromatic heterocycles. The van der Waals surface area contributed by atoms with E-state index in [0.29, 0.717) is 0 Å². The third-order valence-corrected chi connectivity index (χ3v) is 2.20. The fraction of sp³-hybridized carbons (Fsp3) is 0.400. The van der Waals surface area contributed by atoms with Crippen LogP contribution in [0, 0.1) is 0 Å². The van der Waals surface area contributed by atoms with E-state index >= 15 is 0 Å². The molecule has 0 saturated carbocycles. The zero-order valence-electron chi connectivity index (χ0n) is 8.65. The third-order valence-electron chi connectivity index (χ3n) is 2.20. The Morgan fingerprint density at radius 1 is 1.43 bits per heavy atom. The molecule has 0 radical (unpaired) electrons. The Hall–Kier alpha value is -1.67. The van der Waals surface area contributed by atoms with Gasteiger partial charge in [0.2, 0.25) is 6.33 Å². The highest BCUT2D eigenvalue weighted by molar-refractivity contribution is 5.87. The van der Waals surface area contributed by atoms with Gasteiger partial charge in [0.05, 0.1) is 12.4 Å². The van der Waals surface area contributed by atoms with Gasteiger partial charge in [0, 0.05) is 20.2 Å². The molecule has 0 bridgehead atoms. The molecule has 4 nitrogen and oxygen atoms in total.